The van der Waals surface area contributed by atoms with Gasteiger partial charge in [0.15, 0.2) is 0 Å². The summed E-state index contributed by atoms with van der Waals surface area (Å²) in [6.45, 7) is 6.97. The lowest BCUT2D eigenvalue weighted by Gasteiger charge is -2.00. The van der Waals surface area contributed by atoms with Gasteiger partial charge in [-0.3, -0.25) is 0 Å². The van der Waals surface area contributed by atoms with Crippen LogP contribution in [0.1, 0.15) is 32.4 Å². The van der Waals surface area contributed by atoms with Gasteiger partial charge in [0.25, 0.3) is 0 Å². The van der Waals surface area contributed by atoms with Crippen LogP contribution < -0.4 is 0 Å². The highest BCUT2D eigenvalue weighted by Crippen LogP contribution is 2.56. The summed E-state index contributed by atoms with van der Waals surface area (Å²) in [7, 11) is 0. The molecule has 1 nitrogen and oxygen atoms in total. The van der Waals surface area contributed by atoms with E-state index in [1.165, 1.54) is 5.69 Å². The summed E-state index contributed by atoms with van der Waals surface area (Å²) in [5.74, 6) is 3.31. The Morgan fingerprint density at radius 2 is 2.25 bits per heavy atom. The second-order valence-corrected chi connectivity index (χ2v) is 4.84. The van der Waals surface area contributed by atoms with Gasteiger partial charge in [0.2, 0.25) is 0 Å². The van der Waals surface area contributed by atoms with E-state index in [0.717, 1.165) is 23.7 Å². The summed E-state index contributed by atoms with van der Waals surface area (Å²) in [5, 5.41) is 2.20. The molecule has 2 rings (SSSR count). The SMILES string of the molecule is CC(C)C1C(C)C1c1cscn1. The van der Waals surface area contributed by atoms with Crippen molar-refractivity contribution in [2.45, 2.75) is 26.7 Å². The third-order valence-corrected chi connectivity index (χ3v) is 3.61. The molecule has 2 heteroatoms. The zero-order chi connectivity index (χ0) is 8.72. The lowest BCUT2D eigenvalue weighted by Crippen LogP contribution is -1.92. The van der Waals surface area contributed by atoms with Gasteiger partial charge in [0.1, 0.15) is 0 Å². The van der Waals surface area contributed by atoms with Crippen molar-refractivity contribution in [3.05, 3.63) is 16.6 Å². The van der Waals surface area contributed by atoms with Crippen LogP contribution in [0.25, 0.3) is 0 Å². The molecule has 1 aliphatic rings. The number of hydrogen-bond donors (Lipinski definition) is 0. The molecule has 1 saturated carbocycles. The highest BCUT2D eigenvalue weighted by atomic mass is 32.1. The van der Waals surface area contributed by atoms with Gasteiger partial charge in [-0.05, 0) is 17.8 Å². The predicted octanol–water partition coefficient (Wildman–Crippen LogP) is 3.15. The predicted molar refractivity (Wildman–Crippen MR) is 52.3 cm³/mol. The molecule has 1 fully saturated rings. The van der Waals surface area contributed by atoms with Crippen LogP contribution in [-0.4, -0.2) is 4.98 Å². The zero-order valence-electron chi connectivity index (χ0n) is 7.82. The Bertz CT molecular complexity index is 253. The molecular weight excluding hydrogens is 166 g/mol. The second kappa shape index (κ2) is 2.84. The fourth-order valence-corrected chi connectivity index (χ4v) is 2.97. The van der Waals surface area contributed by atoms with Crippen molar-refractivity contribution in [2.24, 2.45) is 17.8 Å². The molecule has 0 amide bonds. The standard InChI is InChI=1S/C10H15NS/c1-6(2)9-7(3)10(9)8-4-12-5-11-8/h4-7,9-10H,1-3H3. The van der Waals surface area contributed by atoms with E-state index in [-0.39, 0.29) is 0 Å². The molecule has 0 aromatic carbocycles. The molecular formula is C10H15NS. The van der Waals surface area contributed by atoms with E-state index in [1.54, 1.807) is 11.3 Å². The van der Waals surface area contributed by atoms with Crippen LogP contribution in [0.15, 0.2) is 10.9 Å². The molecule has 1 aromatic rings. The summed E-state index contributed by atoms with van der Waals surface area (Å²) in [6, 6.07) is 0. The van der Waals surface area contributed by atoms with E-state index in [2.05, 4.69) is 31.1 Å². The van der Waals surface area contributed by atoms with Gasteiger partial charge in [-0.15, -0.1) is 11.3 Å². The minimum absolute atomic E-state index is 0.760. The molecule has 1 heterocycles. The van der Waals surface area contributed by atoms with Gasteiger partial charge in [-0.2, -0.15) is 0 Å². The van der Waals surface area contributed by atoms with Gasteiger partial charge in [-0.1, -0.05) is 20.8 Å². The first-order chi connectivity index (χ1) is 5.72. The Morgan fingerprint density at radius 1 is 1.50 bits per heavy atom. The maximum Gasteiger partial charge on any atom is 0.0794 e. The molecule has 3 atom stereocenters. The normalized spacial score (nSPS) is 34.2. The van der Waals surface area contributed by atoms with Gasteiger partial charge < -0.3 is 0 Å². The summed E-state index contributed by atoms with van der Waals surface area (Å²) in [5.41, 5.74) is 3.27. The largest absolute Gasteiger partial charge is 0.249 e. The lowest BCUT2D eigenvalue weighted by atomic mass is 10.1. The fourth-order valence-electron chi connectivity index (χ4n) is 2.37. The molecule has 1 aliphatic carbocycles. The summed E-state index contributed by atoms with van der Waals surface area (Å²) < 4.78 is 0. The molecule has 0 spiro atoms. The van der Waals surface area contributed by atoms with Crippen LogP contribution in [0.4, 0.5) is 0 Å². The zero-order valence-corrected chi connectivity index (χ0v) is 8.64. The molecule has 0 saturated heterocycles. The van der Waals surface area contributed by atoms with Crippen LogP contribution >= 0.6 is 11.3 Å². The first-order valence-corrected chi connectivity index (χ1v) is 5.54. The van der Waals surface area contributed by atoms with Crippen LogP contribution in [-0.2, 0) is 0 Å². The second-order valence-electron chi connectivity index (χ2n) is 4.12. The molecule has 1 aromatic heterocycles. The molecule has 0 radical (unpaired) electrons. The van der Waals surface area contributed by atoms with Gasteiger partial charge in [-0.25, -0.2) is 4.98 Å². The monoisotopic (exact) mass is 181 g/mol. The summed E-state index contributed by atoms with van der Waals surface area (Å²) in [4.78, 5) is 4.38. The average molecular weight is 181 g/mol. The fraction of sp³-hybridized carbons (Fsp3) is 0.700. The Balaban J connectivity index is 2.10. The van der Waals surface area contributed by atoms with Crippen molar-refractivity contribution in [3.8, 4) is 0 Å². The summed E-state index contributed by atoms with van der Waals surface area (Å²) >= 11 is 1.71. The van der Waals surface area contributed by atoms with E-state index >= 15 is 0 Å². The number of nitrogens with zero attached hydrogens (tertiary/aromatic N) is 1. The topological polar surface area (TPSA) is 12.9 Å². The van der Waals surface area contributed by atoms with E-state index in [0.29, 0.717) is 0 Å². The number of hydrogen-bond acceptors (Lipinski definition) is 2. The minimum Gasteiger partial charge on any atom is -0.249 e. The third kappa shape index (κ3) is 1.18. The van der Waals surface area contributed by atoms with Crippen LogP contribution in [0.3, 0.4) is 0 Å². The quantitative estimate of drug-likeness (QED) is 0.683. The van der Waals surface area contributed by atoms with E-state index in [1.807, 2.05) is 5.51 Å². The van der Waals surface area contributed by atoms with Crippen molar-refractivity contribution < 1.29 is 0 Å². The van der Waals surface area contributed by atoms with Crippen LogP contribution in [0.2, 0.25) is 0 Å². The molecule has 66 valence electrons. The first kappa shape index (κ1) is 8.24. The Labute approximate surface area is 77.8 Å². The molecule has 12 heavy (non-hydrogen) atoms. The number of rotatable bonds is 2. The lowest BCUT2D eigenvalue weighted by molar-refractivity contribution is 0.523. The van der Waals surface area contributed by atoms with Crippen LogP contribution in [0.5, 0.6) is 0 Å². The Kier molecular flexibility index (Phi) is 1.95. The smallest absolute Gasteiger partial charge is 0.0794 e. The molecule has 0 aliphatic heterocycles. The highest BCUT2D eigenvalue weighted by Gasteiger charge is 2.49. The van der Waals surface area contributed by atoms with Crippen molar-refractivity contribution in [1.29, 1.82) is 0 Å². The number of aromatic nitrogens is 1. The van der Waals surface area contributed by atoms with Gasteiger partial charge >= 0.3 is 0 Å². The van der Waals surface area contributed by atoms with Gasteiger partial charge in [0, 0.05) is 11.3 Å². The molecule has 0 bridgehead atoms. The van der Waals surface area contributed by atoms with E-state index < -0.39 is 0 Å². The van der Waals surface area contributed by atoms with Crippen molar-refractivity contribution in [3.63, 3.8) is 0 Å². The molecule has 3 unspecified atom stereocenters. The van der Waals surface area contributed by atoms with Crippen molar-refractivity contribution in [2.75, 3.05) is 0 Å². The summed E-state index contributed by atoms with van der Waals surface area (Å²) in [6.07, 6.45) is 0. The van der Waals surface area contributed by atoms with Gasteiger partial charge in [0.05, 0.1) is 11.2 Å². The minimum atomic E-state index is 0.760. The first-order valence-electron chi connectivity index (χ1n) is 4.60. The number of thiazole rings is 1. The van der Waals surface area contributed by atoms with Crippen LogP contribution in [0, 0.1) is 17.8 Å². The van der Waals surface area contributed by atoms with Crippen molar-refractivity contribution in [1.82, 2.24) is 4.98 Å². The van der Waals surface area contributed by atoms with E-state index in [9.17, 15) is 0 Å². The highest BCUT2D eigenvalue weighted by molar-refractivity contribution is 7.07. The third-order valence-electron chi connectivity index (χ3n) is 3.01. The van der Waals surface area contributed by atoms with Crippen molar-refractivity contribution >= 4 is 11.3 Å². The Morgan fingerprint density at radius 3 is 2.67 bits per heavy atom. The Hall–Kier alpha value is -0.370. The maximum atomic E-state index is 4.38. The average Bonchev–Trinajstić information content (AvgIpc) is 2.50. The van der Waals surface area contributed by atoms with E-state index in [4.69, 9.17) is 0 Å². The maximum absolute atomic E-state index is 4.38. The molecule has 0 N–H and O–H groups in total.